The van der Waals surface area contributed by atoms with Crippen LogP contribution in [-0.2, 0) is 0 Å². The number of anilines is 2. The lowest BCUT2D eigenvalue weighted by atomic mass is 10.0. The number of phenols is 1. The quantitative estimate of drug-likeness (QED) is 0.420. The zero-order valence-electron chi connectivity index (χ0n) is 16.0. The highest BCUT2D eigenvalue weighted by atomic mass is 35.5. The molecule has 2 N–H and O–H groups in total. The molecule has 0 saturated carbocycles. The van der Waals surface area contributed by atoms with Gasteiger partial charge >= 0.3 is 0 Å². The Morgan fingerprint density at radius 1 is 1.10 bits per heavy atom. The Morgan fingerprint density at radius 2 is 1.83 bits per heavy atom. The first-order chi connectivity index (χ1) is 14.5. The maximum Gasteiger partial charge on any atom is 0.168 e. The zero-order chi connectivity index (χ0) is 21.4. The molecule has 30 heavy (non-hydrogen) atoms. The van der Waals surface area contributed by atoms with Crippen molar-refractivity contribution in [1.82, 2.24) is 4.98 Å². The lowest BCUT2D eigenvalue weighted by molar-refractivity contribution is 0.378. The first-order valence-corrected chi connectivity index (χ1v) is 9.17. The summed E-state index contributed by atoms with van der Waals surface area (Å²) in [6.45, 7) is 0. The fraction of sp³-hybridized carbons (Fsp3) is 0.0909. The van der Waals surface area contributed by atoms with Crippen molar-refractivity contribution < 1.29 is 19.0 Å². The van der Waals surface area contributed by atoms with Gasteiger partial charge in [0, 0.05) is 28.4 Å². The number of halogens is 2. The van der Waals surface area contributed by atoms with Crippen LogP contribution in [0.15, 0.2) is 42.6 Å². The van der Waals surface area contributed by atoms with E-state index in [1.807, 2.05) is 0 Å². The summed E-state index contributed by atoms with van der Waals surface area (Å²) in [4.78, 5) is 4.44. The summed E-state index contributed by atoms with van der Waals surface area (Å²) in [5.74, 6) is -0.224. The largest absolute Gasteiger partial charge is 0.504 e. The number of nitrogens with one attached hydrogen (secondary N) is 1. The predicted octanol–water partition coefficient (Wildman–Crippen LogP) is 5.52. The summed E-state index contributed by atoms with van der Waals surface area (Å²) in [5.41, 5.74) is 1.72. The molecule has 0 spiro atoms. The fourth-order valence-corrected chi connectivity index (χ4v) is 3.58. The Labute approximate surface area is 176 Å². The van der Waals surface area contributed by atoms with E-state index in [-0.39, 0.29) is 22.1 Å². The molecule has 8 heteroatoms. The van der Waals surface area contributed by atoms with E-state index in [1.165, 1.54) is 32.5 Å². The highest BCUT2D eigenvalue weighted by Gasteiger charge is 2.17. The number of ether oxygens (including phenoxy) is 2. The molecule has 0 aliphatic rings. The molecule has 0 saturated heterocycles. The van der Waals surface area contributed by atoms with E-state index in [1.54, 1.807) is 18.2 Å². The Hall–Kier alpha value is -3.76. The lowest BCUT2D eigenvalue weighted by Crippen LogP contribution is -1.99. The van der Waals surface area contributed by atoms with E-state index in [0.29, 0.717) is 33.4 Å². The maximum atomic E-state index is 13.9. The van der Waals surface area contributed by atoms with Crippen LogP contribution in [0.2, 0.25) is 5.02 Å². The number of rotatable bonds is 4. The Kier molecular flexibility index (Phi) is 4.94. The third kappa shape index (κ3) is 3.08. The predicted molar refractivity (Wildman–Crippen MR) is 113 cm³/mol. The van der Waals surface area contributed by atoms with E-state index in [2.05, 4.69) is 16.4 Å². The number of hydrogen-bond acceptors (Lipinski definition) is 6. The molecule has 150 valence electrons. The second-order valence-electron chi connectivity index (χ2n) is 6.43. The maximum absolute atomic E-state index is 13.9. The van der Waals surface area contributed by atoms with Crippen molar-refractivity contribution in [2.45, 2.75) is 0 Å². The number of nitrogens with zero attached hydrogens (tertiary/aromatic N) is 2. The molecule has 3 aromatic carbocycles. The van der Waals surface area contributed by atoms with Crippen LogP contribution >= 0.6 is 11.6 Å². The number of nitriles is 1. The third-order valence-corrected chi connectivity index (χ3v) is 5.10. The molecule has 0 unspecified atom stereocenters. The van der Waals surface area contributed by atoms with Crippen molar-refractivity contribution in [3.8, 4) is 23.3 Å². The number of aromatic nitrogens is 1. The van der Waals surface area contributed by atoms with E-state index in [0.717, 1.165) is 11.5 Å². The molecule has 0 atom stereocenters. The van der Waals surface area contributed by atoms with Crippen molar-refractivity contribution in [2.24, 2.45) is 0 Å². The summed E-state index contributed by atoms with van der Waals surface area (Å²) in [6, 6.07) is 11.5. The SMILES string of the molecule is COc1cc(Nc2c(C#N)cnc3c2ccc2c(OC)c(O)ccc23)c(Cl)cc1F. The van der Waals surface area contributed by atoms with Gasteiger partial charge in [0.15, 0.2) is 23.1 Å². The minimum atomic E-state index is -0.592. The molecule has 1 aromatic heterocycles. The second kappa shape index (κ2) is 7.58. The van der Waals surface area contributed by atoms with Crippen LogP contribution < -0.4 is 14.8 Å². The van der Waals surface area contributed by atoms with Crippen molar-refractivity contribution in [1.29, 1.82) is 5.26 Å². The number of aromatic hydroxyl groups is 1. The van der Waals surface area contributed by atoms with Gasteiger partial charge < -0.3 is 19.9 Å². The normalized spacial score (nSPS) is 10.8. The minimum Gasteiger partial charge on any atom is -0.504 e. The van der Waals surface area contributed by atoms with Crippen LogP contribution in [0.3, 0.4) is 0 Å². The topological polar surface area (TPSA) is 87.4 Å². The van der Waals surface area contributed by atoms with E-state index >= 15 is 0 Å². The molecule has 0 bridgehead atoms. The summed E-state index contributed by atoms with van der Waals surface area (Å²) in [5, 5.41) is 25.0. The molecule has 0 amide bonds. The molecular formula is C22H15ClFN3O3. The van der Waals surface area contributed by atoms with Gasteiger partial charge in [0.2, 0.25) is 0 Å². The Balaban J connectivity index is 1.98. The monoisotopic (exact) mass is 423 g/mol. The second-order valence-corrected chi connectivity index (χ2v) is 6.83. The standard InChI is InChI=1S/C22H15ClFN3O3/c1-29-19-8-17(15(23)7-16(19)24)27-20-11(9-25)10-26-21-12-5-6-18(28)22(30-2)13(12)3-4-14(20)21/h3-8,10,28H,1-2H3,(H,26,27). The average Bonchev–Trinajstić information content (AvgIpc) is 2.75. The van der Waals surface area contributed by atoms with Gasteiger partial charge in [-0.25, -0.2) is 4.39 Å². The van der Waals surface area contributed by atoms with Crippen LogP contribution in [0.1, 0.15) is 5.56 Å². The number of methoxy groups -OCH3 is 2. The van der Waals surface area contributed by atoms with E-state index < -0.39 is 5.82 Å². The molecule has 1 heterocycles. The molecule has 4 aromatic rings. The molecule has 0 radical (unpaired) electrons. The van der Waals surface area contributed by atoms with Crippen LogP contribution in [0, 0.1) is 17.1 Å². The van der Waals surface area contributed by atoms with Gasteiger partial charge in [-0.05, 0) is 30.3 Å². The summed E-state index contributed by atoms with van der Waals surface area (Å²) in [7, 11) is 2.83. The van der Waals surface area contributed by atoms with Crippen molar-refractivity contribution in [2.75, 3.05) is 19.5 Å². The summed E-state index contributed by atoms with van der Waals surface area (Å²) < 4.78 is 24.3. The molecular weight excluding hydrogens is 409 g/mol. The Morgan fingerprint density at radius 3 is 2.53 bits per heavy atom. The summed E-state index contributed by atoms with van der Waals surface area (Å²) >= 11 is 6.21. The minimum absolute atomic E-state index is 0.0153. The van der Waals surface area contributed by atoms with Crippen molar-refractivity contribution >= 4 is 44.7 Å². The van der Waals surface area contributed by atoms with Gasteiger partial charge in [0.25, 0.3) is 0 Å². The lowest BCUT2D eigenvalue weighted by Gasteiger charge is -2.16. The van der Waals surface area contributed by atoms with Gasteiger partial charge in [0.05, 0.1) is 41.7 Å². The van der Waals surface area contributed by atoms with Gasteiger partial charge in [-0.1, -0.05) is 11.6 Å². The van der Waals surface area contributed by atoms with E-state index in [4.69, 9.17) is 21.1 Å². The van der Waals surface area contributed by atoms with Crippen LogP contribution in [0.4, 0.5) is 15.8 Å². The van der Waals surface area contributed by atoms with Crippen LogP contribution in [0.25, 0.3) is 21.7 Å². The first kappa shape index (κ1) is 19.6. The third-order valence-electron chi connectivity index (χ3n) is 4.79. The van der Waals surface area contributed by atoms with Crippen molar-refractivity contribution in [3.05, 3.63) is 59.0 Å². The highest BCUT2D eigenvalue weighted by molar-refractivity contribution is 6.33. The van der Waals surface area contributed by atoms with Gasteiger partial charge in [-0.3, -0.25) is 4.98 Å². The number of benzene rings is 3. The number of phenolic OH excluding ortho intramolecular Hbond substituents is 1. The number of pyridine rings is 1. The Bertz CT molecular complexity index is 1350. The molecule has 4 rings (SSSR count). The molecule has 0 aliphatic heterocycles. The van der Waals surface area contributed by atoms with Gasteiger partial charge in [0.1, 0.15) is 6.07 Å². The number of hydrogen-bond donors (Lipinski definition) is 2. The first-order valence-electron chi connectivity index (χ1n) is 8.80. The van der Waals surface area contributed by atoms with Crippen LogP contribution in [0.5, 0.6) is 17.2 Å². The highest BCUT2D eigenvalue weighted by Crippen LogP contribution is 2.41. The molecule has 6 nitrogen and oxygen atoms in total. The summed E-state index contributed by atoms with van der Waals surface area (Å²) in [6.07, 6.45) is 1.44. The van der Waals surface area contributed by atoms with Gasteiger partial charge in [-0.2, -0.15) is 5.26 Å². The van der Waals surface area contributed by atoms with Gasteiger partial charge in [-0.15, -0.1) is 0 Å². The zero-order valence-corrected chi connectivity index (χ0v) is 16.7. The van der Waals surface area contributed by atoms with E-state index in [9.17, 15) is 14.8 Å². The number of fused-ring (bicyclic) bond motifs is 3. The molecule has 0 aliphatic carbocycles. The fourth-order valence-electron chi connectivity index (χ4n) is 3.38. The molecule has 0 fully saturated rings. The average molecular weight is 424 g/mol. The van der Waals surface area contributed by atoms with Crippen LogP contribution in [-0.4, -0.2) is 24.3 Å². The smallest absolute Gasteiger partial charge is 0.168 e. The van der Waals surface area contributed by atoms with Crippen molar-refractivity contribution in [3.63, 3.8) is 0 Å².